The lowest BCUT2D eigenvalue weighted by molar-refractivity contribution is 0.441. The molecular weight excluding hydrogens is 348 g/mol. The predicted octanol–water partition coefficient (Wildman–Crippen LogP) is 5.79. The van der Waals surface area contributed by atoms with E-state index in [-0.39, 0.29) is 5.88 Å². The van der Waals surface area contributed by atoms with Crippen LogP contribution in [-0.4, -0.2) is 15.9 Å². The topological polar surface area (TPSA) is 37.5 Å². The average Bonchev–Trinajstić information content (AvgIpc) is 3.17. The third kappa shape index (κ3) is 2.75. The van der Waals surface area contributed by atoms with Gasteiger partial charge in [0.15, 0.2) is 3.95 Å². The minimum absolute atomic E-state index is 0.169. The van der Waals surface area contributed by atoms with Crippen LogP contribution < -0.4 is 0 Å². The number of aryl methyl sites for hydroxylation is 1. The van der Waals surface area contributed by atoms with Crippen molar-refractivity contribution < 1.29 is 5.11 Å². The number of para-hydroxylation sites is 2. The van der Waals surface area contributed by atoms with Crippen LogP contribution in [0.5, 0.6) is 5.88 Å². The molecule has 0 unspecified atom stereocenters. The summed E-state index contributed by atoms with van der Waals surface area (Å²) in [6.07, 6.45) is 4.77. The molecule has 1 aromatic heterocycles. The van der Waals surface area contributed by atoms with Crippen molar-refractivity contribution in [1.29, 1.82) is 0 Å². The Morgan fingerprint density at radius 1 is 1.16 bits per heavy atom. The molecule has 2 heterocycles. The molecule has 0 atom stereocenters. The van der Waals surface area contributed by atoms with Crippen LogP contribution in [-0.2, 0) is 6.42 Å². The Balaban J connectivity index is 1.81. The van der Waals surface area contributed by atoms with Crippen LogP contribution in [0.4, 0.5) is 5.69 Å². The van der Waals surface area contributed by atoms with Crippen molar-refractivity contribution in [2.75, 3.05) is 0 Å². The van der Waals surface area contributed by atoms with Crippen LogP contribution in [0.1, 0.15) is 22.9 Å². The van der Waals surface area contributed by atoms with Gasteiger partial charge in [-0.05, 0) is 42.4 Å². The molecule has 0 amide bonds. The second-order valence-corrected chi connectivity index (χ2v) is 7.43. The predicted molar refractivity (Wildman–Crippen MR) is 108 cm³/mol. The molecule has 2 aromatic carbocycles. The van der Waals surface area contributed by atoms with Crippen molar-refractivity contribution in [2.45, 2.75) is 13.3 Å². The third-order valence-electron chi connectivity index (χ3n) is 4.26. The summed E-state index contributed by atoms with van der Waals surface area (Å²) in [6.45, 7) is 2.13. The molecule has 0 fully saturated rings. The second-order valence-electron chi connectivity index (χ2n) is 5.75. The van der Waals surface area contributed by atoms with E-state index in [0.717, 1.165) is 33.8 Å². The van der Waals surface area contributed by atoms with E-state index in [1.54, 1.807) is 4.57 Å². The number of rotatable bonds is 3. The zero-order chi connectivity index (χ0) is 17.4. The van der Waals surface area contributed by atoms with Gasteiger partial charge in [0.25, 0.3) is 0 Å². The smallest absolute Gasteiger partial charge is 0.215 e. The van der Waals surface area contributed by atoms with Crippen molar-refractivity contribution in [2.24, 2.45) is 4.99 Å². The molecule has 4 rings (SSSR count). The van der Waals surface area contributed by atoms with Crippen LogP contribution in [0.3, 0.4) is 0 Å². The van der Waals surface area contributed by atoms with Gasteiger partial charge in [0.05, 0.1) is 16.3 Å². The van der Waals surface area contributed by atoms with E-state index in [1.807, 2.05) is 42.6 Å². The number of hydrogen-bond donors (Lipinski definition) is 1. The van der Waals surface area contributed by atoms with Crippen molar-refractivity contribution in [1.82, 2.24) is 4.57 Å². The molecule has 1 aliphatic rings. The van der Waals surface area contributed by atoms with Crippen LogP contribution in [0.25, 0.3) is 17.3 Å². The molecule has 0 saturated carbocycles. The van der Waals surface area contributed by atoms with Crippen molar-refractivity contribution in [3.05, 3.63) is 68.5 Å². The first-order valence-corrected chi connectivity index (χ1v) is 9.29. The summed E-state index contributed by atoms with van der Waals surface area (Å²) in [5.41, 5.74) is 5.22. The first-order chi connectivity index (χ1) is 12.2. The van der Waals surface area contributed by atoms with Gasteiger partial charge < -0.3 is 5.11 Å². The standard InChI is InChI=1S/C20H16N2OS2/c1-2-13-7-6-10-16-14(12-21-18(13)16)11-17-19(23)22(20(24)25-17)15-8-4-3-5-9-15/h3-12,23H,2H2,1H3/b14-11+. The van der Waals surface area contributed by atoms with Gasteiger partial charge in [-0.3, -0.25) is 9.56 Å². The molecule has 124 valence electrons. The SMILES string of the molecule is CCc1cccc2c1N=C/C2=C\c1sc(=S)n(-c2ccccc2)c1O. The quantitative estimate of drug-likeness (QED) is 0.597. The van der Waals surface area contributed by atoms with Gasteiger partial charge in [-0.15, -0.1) is 11.3 Å². The number of nitrogens with zero attached hydrogens (tertiary/aromatic N) is 2. The lowest BCUT2D eigenvalue weighted by Gasteiger charge is -2.05. The van der Waals surface area contributed by atoms with Crippen LogP contribution in [0, 0.1) is 3.95 Å². The highest BCUT2D eigenvalue weighted by Gasteiger charge is 2.17. The highest BCUT2D eigenvalue weighted by molar-refractivity contribution is 7.73. The van der Waals surface area contributed by atoms with Gasteiger partial charge in [0, 0.05) is 17.4 Å². The number of allylic oxidation sites excluding steroid dienone is 1. The summed E-state index contributed by atoms with van der Waals surface area (Å²) in [4.78, 5) is 5.30. The van der Waals surface area contributed by atoms with Crippen molar-refractivity contribution in [3.8, 4) is 11.6 Å². The average molecular weight is 364 g/mol. The maximum atomic E-state index is 10.7. The Morgan fingerprint density at radius 2 is 1.96 bits per heavy atom. The van der Waals surface area contributed by atoms with Gasteiger partial charge >= 0.3 is 0 Å². The molecule has 0 aliphatic carbocycles. The first kappa shape index (κ1) is 16.0. The lowest BCUT2D eigenvalue weighted by atomic mass is 10.0. The molecular formula is C20H16N2OS2. The monoisotopic (exact) mass is 364 g/mol. The zero-order valence-electron chi connectivity index (χ0n) is 13.6. The van der Waals surface area contributed by atoms with E-state index in [0.29, 0.717) is 3.95 Å². The number of aromatic nitrogens is 1. The Bertz CT molecular complexity index is 1060. The molecule has 0 bridgehead atoms. The van der Waals surface area contributed by atoms with E-state index >= 15 is 0 Å². The molecule has 1 N–H and O–H groups in total. The number of thiazole rings is 1. The Morgan fingerprint density at radius 3 is 2.72 bits per heavy atom. The Hall–Kier alpha value is -2.50. The number of aromatic hydroxyl groups is 1. The number of hydrogen-bond acceptors (Lipinski definition) is 4. The van der Waals surface area contributed by atoms with E-state index in [2.05, 4.69) is 30.1 Å². The Kier molecular flexibility index (Phi) is 4.11. The van der Waals surface area contributed by atoms with Gasteiger partial charge in [-0.2, -0.15) is 0 Å². The van der Waals surface area contributed by atoms with Gasteiger partial charge in [-0.1, -0.05) is 43.3 Å². The van der Waals surface area contributed by atoms with E-state index in [1.165, 1.54) is 16.9 Å². The third-order valence-corrected chi connectivity index (χ3v) is 5.57. The molecule has 3 nitrogen and oxygen atoms in total. The molecule has 1 aliphatic heterocycles. The first-order valence-electron chi connectivity index (χ1n) is 8.07. The molecule has 5 heteroatoms. The molecule has 3 aromatic rings. The fraction of sp³-hybridized carbons (Fsp3) is 0.100. The van der Waals surface area contributed by atoms with Crippen molar-refractivity contribution in [3.63, 3.8) is 0 Å². The normalized spacial score (nSPS) is 14.2. The maximum absolute atomic E-state index is 10.7. The number of fused-ring (bicyclic) bond motifs is 1. The van der Waals surface area contributed by atoms with Crippen LogP contribution >= 0.6 is 23.6 Å². The Labute approximate surface area is 155 Å². The highest BCUT2D eigenvalue weighted by atomic mass is 32.1. The zero-order valence-corrected chi connectivity index (χ0v) is 15.3. The van der Waals surface area contributed by atoms with Crippen LogP contribution in [0.2, 0.25) is 0 Å². The fourth-order valence-corrected chi connectivity index (χ4v) is 4.30. The lowest BCUT2D eigenvalue weighted by Crippen LogP contribution is -1.92. The highest BCUT2D eigenvalue weighted by Crippen LogP contribution is 2.38. The second kappa shape index (κ2) is 6.43. The number of benzene rings is 2. The molecule has 0 saturated heterocycles. The van der Waals surface area contributed by atoms with E-state index in [9.17, 15) is 5.11 Å². The summed E-state index contributed by atoms with van der Waals surface area (Å²) in [6, 6.07) is 15.9. The maximum Gasteiger partial charge on any atom is 0.215 e. The van der Waals surface area contributed by atoms with Gasteiger partial charge in [-0.25, -0.2) is 0 Å². The minimum Gasteiger partial charge on any atom is -0.493 e. The van der Waals surface area contributed by atoms with Crippen LogP contribution in [0.15, 0.2) is 53.5 Å². The molecule has 25 heavy (non-hydrogen) atoms. The van der Waals surface area contributed by atoms with Crippen molar-refractivity contribution >= 4 is 47.1 Å². The largest absolute Gasteiger partial charge is 0.493 e. The summed E-state index contributed by atoms with van der Waals surface area (Å²) in [5, 5.41) is 10.7. The number of aliphatic imine (C=N–C) groups is 1. The summed E-state index contributed by atoms with van der Waals surface area (Å²) >= 11 is 6.86. The van der Waals surface area contributed by atoms with E-state index < -0.39 is 0 Å². The molecule has 0 spiro atoms. The minimum atomic E-state index is 0.169. The van der Waals surface area contributed by atoms with Gasteiger partial charge in [0.2, 0.25) is 5.88 Å². The summed E-state index contributed by atoms with van der Waals surface area (Å²) in [7, 11) is 0. The molecule has 0 radical (unpaired) electrons. The summed E-state index contributed by atoms with van der Waals surface area (Å²) in [5.74, 6) is 0.169. The van der Waals surface area contributed by atoms with Gasteiger partial charge in [0.1, 0.15) is 0 Å². The summed E-state index contributed by atoms with van der Waals surface area (Å²) < 4.78 is 2.31. The fourth-order valence-electron chi connectivity index (χ4n) is 3.00. The van der Waals surface area contributed by atoms with E-state index in [4.69, 9.17) is 12.2 Å².